The Balaban J connectivity index is 1.56. The summed E-state index contributed by atoms with van der Waals surface area (Å²) in [5.41, 5.74) is 2.29. The third kappa shape index (κ3) is 3.96. The van der Waals surface area contributed by atoms with Crippen molar-refractivity contribution < 1.29 is 9.53 Å². The van der Waals surface area contributed by atoms with E-state index in [0.717, 1.165) is 27.6 Å². The van der Waals surface area contributed by atoms with E-state index in [1.807, 2.05) is 35.2 Å². The van der Waals surface area contributed by atoms with E-state index >= 15 is 0 Å². The van der Waals surface area contributed by atoms with Crippen LogP contribution in [0.1, 0.15) is 5.56 Å². The summed E-state index contributed by atoms with van der Waals surface area (Å²) in [5.74, 6) is 0.324. The van der Waals surface area contributed by atoms with Crippen LogP contribution in [-0.2, 0) is 11.2 Å². The molecule has 24 heavy (non-hydrogen) atoms. The zero-order valence-electron chi connectivity index (χ0n) is 12.6. The number of ether oxygens (including phenoxy) is 1. The summed E-state index contributed by atoms with van der Waals surface area (Å²) >= 11 is 12.1. The monoisotopic (exact) mass is 468 g/mol. The van der Waals surface area contributed by atoms with Crippen molar-refractivity contribution in [2.45, 2.75) is 6.42 Å². The third-order valence-corrected chi connectivity index (χ3v) is 5.07. The van der Waals surface area contributed by atoms with E-state index in [1.165, 1.54) is 5.56 Å². The Hall–Kier alpha value is -1.44. The number of benzene rings is 2. The van der Waals surface area contributed by atoms with Crippen molar-refractivity contribution in [1.82, 2.24) is 5.32 Å². The molecule has 1 heterocycles. The molecule has 1 aliphatic rings. The summed E-state index contributed by atoms with van der Waals surface area (Å²) in [5, 5.41) is 3.14. The Bertz CT molecular complexity index is 798. The molecule has 2 aromatic carbocycles. The molecule has 124 valence electrons. The number of rotatable bonds is 3. The molecule has 0 saturated carbocycles. The Kier molecular flexibility index (Phi) is 5.53. The highest BCUT2D eigenvalue weighted by Crippen LogP contribution is 2.28. The van der Waals surface area contributed by atoms with Crippen LogP contribution in [0, 0.1) is 0 Å². The SMILES string of the molecule is O=C(COc1ccc(Br)cc1Br)NC(=S)N1CCc2ccccc21. The van der Waals surface area contributed by atoms with E-state index in [1.54, 1.807) is 6.07 Å². The first-order chi connectivity index (χ1) is 11.5. The number of hydrogen-bond donors (Lipinski definition) is 1. The minimum Gasteiger partial charge on any atom is -0.483 e. The van der Waals surface area contributed by atoms with Crippen molar-refractivity contribution in [2.24, 2.45) is 0 Å². The molecule has 0 aliphatic carbocycles. The normalized spacial score (nSPS) is 12.7. The van der Waals surface area contributed by atoms with Crippen LogP contribution in [0.4, 0.5) is 5.69 Å². The molecule has 0 fully saturated rings. The molecule has 3 rings (SSSR count). The lowest BCUT2D eigenvalue weighted by molar-refractivity contribution is -0.121. The van der Waals surface area contributed by atoms with Gasteiger partial charge in [-0.3, -0.25) is 10.1 Å². The van der Waals surface area contributed by atoms with Crippen LogP contribution in [0.15, 0.2) is 51.4 Å². The number of anilines is 1. The highest BCUT2D eigenvalue weighted by molar-refractivity contribution is 9.11. The van der Waals surface area contributed by atoms with Crippen LogP contribution in [-0.4, -0.2) is 24.2 Å². The topological polar surface area (TPSA) is 41.6 Å². The molecule has 0 atom stereocenters. The lowest BCUT2D eigenvalue weighted by Gasteiger charge is -2.20. The smallest absolute Gasteiger partial charge is 0.264 e. The lowest BCUT2D eigenvalue weighted by Crippen LogP contribution is -2.43. The van der Waals surface area contributed by atoms with Crippen LogP contribution in [0.2, 0.25) is 0 Å². The van der Waals surface area contributed by atoms with E-state index in [9.17, 15) is 4.79 Å². The number of hydrogen-bond acceptors (Lipinski definition) is 3. The second-order valence-corrected chi connectivity index (χ2v) is 7.40. The molecule has 0 bridgehead atoms. The van der Waals surface area contributed by atoms with Crippen LogP contribution in [0.5, 0.6) is 5.75 Å². The standard InChI is InChI=1S/C17H14Br2N2O2S/c18-12-5-6-15(13(19)9-12)23-10-16(22)20-17(24)21-8-7-11-3-1-2-4-14(11)21/h1-6,9H,7-8,10H2,(H,20,22,24). The van der Waals surface area contributed by atoms with Gasteiger partial charge in [-0.15, -0.1) is 0 Å². The highest BCUT2D eigenvalue weighted by Gasteiger charge is 2.22. The van der Waals surface area contributed by atoms with Gasteiger partial charge in [-0.2, -0.15) is 0 Å². The fourth-order valence-electron chi connectivity index (χ4n) is 2.51. The van der Waals surface area contributed by atoms with Gasteiger partial charge in [-0.05, 0) is 64.4 Å². The summed E-state index contributed by atoms with van der Waals surface area (Å²) in [6.07, 6.45) is 0.925. The van der Waals surface area contributed by atoms with Crippen LogP contribution < -0.4 is 15.0 Å². The van der Waals surface area contributed by atoms with E-state index < -0.39 is 0 Å². The zero-order valence-corrected chi connectivity index (χ0v) is 16.6. The molecule has 0 unspecified atom stereocenters. The molecule has 0 saturated heterocycles. The fourth-order valence-corrected chi connectivity index (χ4v) is 3.97. The van der Waals surface area contributed by atoms with E-state index in [0.29, 0.717) is 10.9 Å². The van der Waals surface area contributed by atoms with E-state index in [-0.39, 0.29) is 12.5 Å². The van der Waals surface area contributed by atoms with Crippen molar-refractivity contribution in [3.8, 4) is 5.75 Å². The molecule has 2 aromatic rings. The minimum atomic E-state index is -0.279. The number of amides is 1. The number of carbonyl (C=O) groups is 1. The first-order valence-electron chi connectivity index (χ1n) is 7.31. The number of carbonyl (C=O) groups excluding carboxylic acids is 1. The van der Waals surface area contributed by atoms with Crippen molar-refractivity contribution in [3.63, 3.8) is 0 Å². The summed E-state index contributed by atoms with van der Waals surface area (Å²) in [6, 6.07) is 13.6. The first-order valence-corrected chi connectivity index (χ1v) is 9.31. The first kappa shape index (κ1) is 17.4. The van der Waals surface area contributed by atoms with Crippen LogP contribution in [0.25, 0.3) is 0 Å². The summed E-state index contributed by atoms with van der Waals surface area (Å²) in [7, 11) is 0. The average Bonchev–Trinajstić information content (AvgIpc) is 2.98. The maximum absolute atomic E-state index is 12.1. The third-order valence-electron chi connectivity index (χ3n) is 3.63. The molecule has 0 spiro atoms. The molecular weight excluding hydrogens is 456 g/mol. The summed E-state index contributed by atoms with van der Waals surface area (Å²) in [4.78, 5) is 14.0. The summed E-state index contributed by atoms with van der Waals surface area (Å²) in [6.45, 7) is 0.674. The van der Waals surface area contributed by atoms with Crippen LogP contribution in [0.3, 0.4) is 0 Å². The predicted octanol–water partition coefficient (Wildman–Crippen LogP) is 4.05. The molecule has 7 heteroatoms. The van der Waals surface area contributed by atoms with Crippen molar-refractivity contribution in [2.75, 3.05) is 18.1 Å². The Labute approximate surface area is 162 Å². The van der Waals surface area contributed by atoms with Gasteiger partial charge in [-0.25, -0.2) is 0 Å². The number of nitrogens with one attached hydrogen (secondary N) is 1. The predicted molar refractivity (Wildman–Crippen MR) is 106 cm³/mol. The number of nitrogens with zero attached hydrogens (tertiary/aromatic N) is 1. The number of thiocarbonyl (C=S) groups is 1. The van der Waals surface area contributed by atoms with Gasteiger partial charge in [-0.1, -0.05) is 34.1 Å². The molecule has 1 amide bonds. The van der Waals surface area contributed by atoms with Gasteiger partial charge in [0.05, 0.1) is 4.47 Å². The maximum Gasteiger partial charge on any atom is 0.264 e. The maximum atomic E-state index is 12.1. The highest BCUT2D eigenvalue weighted by atomic mass is 79.9. The summed E-state index contributed by atoms with van der Waals surface area (Å²) < 4.78 is 7.24. The molecule has 4 nitrogen and oxygen atoms in total. The van der Waals surface area contributed by atoms with Crippen molar-refractivity contribution in [3.05, 3.63) is 57.0 Å². The molecule has 1 N–H and O–H groups in total. The zero-order chi connectivity index (χ0) is 17.1. The fraction of sp³-hybridized carbons (Fsp3) is 0.176. The van der Waals surface area contributed by atoms with Gasteiger partial charge in [0.1, 0.15) is 5.75 Å². The largest absolute Gasteiger partial charge is 0.483 e. The molecular formula is C17H14Br2N2O2S. The molecule has 0 aromatic heterocycles. The number of fused-ring (bicyclic) bond motifs is 1. The second kappa shape index (κ2) is 7.63. The average molecular weight is 470 g/mol. The molecule has 1 aliphatic heterocycles. The van der Waals surface area contributed by atoms with Crippen molar-refractivity contribution >= 4 is 60.8 Å². The molecule has 0 radical (unpaired) electrons. The van der Waals surface area contributed by atoms with Crippen molar-refractivity contribution in [1.29, 1.82) is 0 Å². The van der Waals surface area contributed by atoms with E-state index in [4.69, 9.17) is 17.0 Å². The Morgan fingerprint density at radius 3 is 2.83 bits per heavy atom. The van der Waals surface area contributed by atoms with Gasteiger partial charge in [0.2, 0.25) is 0 Å². The Morgan fingerprint density at radius 2 is 2.04 bits per heavy atom. The minimum absolute atomic E-state index is 0.101. The lowest BCUT2D eigenvalue weighted by atomic mass is 10.2. The number of halogens is 2. The van der Waals surface area contributed by atoms with Gasteiger partial charge in [0.25, 0.3) is 5.91 Å². The van der Waals surface area contributed by atoms with Gasteiger partial charge < -0.3 is 9.64 Å². The van der Waals surface area contributed by atoms with Gasteiger partial charge in [0.15, 0.2) is 11.7 Å². The second-order valence-electron chi connectivity index (χ2n) is 5.25. The van der Waals surface area contributed by atoms with Gasteiger partial charge >= 0.3 is 0 Å². The van der Waals surface area contributed by atoms with E-state index in [2.05, 4.69) is 43.2 Å². The van der Waals surface area contributed by atoms with Gasteiger partial charge in [0, 0.05) is 16.7 Å². The number of para-hydroxylation sites is 1. The van der Waals surface area contributed by atoms with Crippen LogP contribution >= 0.6 is 44.1 Å². The quantitative estimate of drug-likeness (QED) is 0.688. The Morgan fingerprint density at radius 1 is 1.25 bits per heavy atom.